The van der Waals surface area contributed by atoms with Gasteiger partial charge in [0.15, 0.2) is 11.5 Å². The van der Waals surface area contributed by atoms with Gasteiger partial charge in [0, 0.05) is 10.7 Å². The molecule has 4 rings (SSSR count). The zero-order valence-electron chi connectivity index (χ0n) is 20.5. The Morgan fingerprint density at radius 1 is 1.00 bits per heavy atom. The molecule has 0 atom stereocenters. The van der Waals surface area contributed by atoms with Crippen molar-refractivity contribution in [1.82, 2.24) is 4.90 Å². The molecule has 1 aliphatic rings. The molecule has 1 N–H and O–H groups in total. The van der Waals surface area contributed by atoms with Gasteiger partial charge in [-0.3, -0.25) is 19.3 Å². The van der Waals surface area contributed by atoms with Gasteiger partial charge in [-0.25, -0.2) is 0 Å². The molecule has 0 spiro atoms. The maximum Gasteiger partial charge on any atom is 0.294 e. The van der Waals surface area contributed by atoms with E-state index in [0.29, 0.717) is 34.4 Å². The summed E-state index contributed by atoms with van der Waals surface area (Å²) in [6, 6.07) is 18.2. The first-order valence-corrected chi connectivity index (χ1v) is 12.6. The number of anilines is 1. The highest BCUT2D eigenvalue weighted by molar-refractivity contribution is 8.18. The molecule has 7 nitrogen and oxygen atoms in total. The van der Waals surface area contributed by atoms with Crippen LogP contribution in [0.15, 0.2) is 65.6 Å². The fraction of sp³-hybridized carbons (Fsp3) is 0.179. The van der Waals surface area contributed by atoms with Gasteiger partial charge in [0.05, 0.1) is 12.0 Å². The number of carbonyl (C=O) groups is 3. The number of hydrogen-bond acceptors (Lipinski definition) is 6. The average Bonchev–Trinajstić information content (AvgIpc) is 3.10. The van der Waals surface area contributed by atoms with Gasteiger partial charge in [-0.2, -0.15) is 0 Å². The fourth-order valence-corrected chi connectivity index (χ4v) is 4.78. The second kappa shape index (κ2) is 11.5. The van der Waals surface area contributed by atoms with Crippen LogP contribution in [-0.2, 0) is 16.2 Å². The highest BCUT2D eigenvalue weighted by Crippen LogP contribution is 2.35. The van der Waals surface area contributed by atoms with Gasteiger partial charge in [-0.15, -0.1) is 0 Å². The Balaban J connectivity index is 1.42. The lowest BCUT2D eigenvalue weighted by Gasteiger charge is -2.13. The lowest BCUT2D eigenvalue weighted by molar-refractivity contribution is -0.127. The van der Waals surface area contributed by atoms with Crippen molar-refractivity contribution in [1.29, 1.82) is 0 Å². The van der Waals surface area contributed by atoms with Crippen molar-refractivity contribution in [3.8, 4) is 11.5 Å². The SMILES string of the molecule is COc1cc(/C=C2/SC(=O)N(CC(=O)Nc3cc(C)cc(C)c3)C2=O)ccc1OCc1ccc(Cl)cc1. The Morgan fingerprint density at radius 2 is 1.70 bits per heavy atom. The number of ether oxygens (including phenoxy) is 2. The highest BCUT2D eigenvalue weighted by atomic mass is 35.5. The van der Waals surface area contributed by atoms with E-state index >= 15 is 0 Å². The number of methoxy groups -OCH3 is 1. The lowest BCUT2D eigenvalue weighted by Crippen LogP contribution is -2.36. The third-order valence-corrected chi connectivity index (χ3v) is 6.63. The molecule has 190 valence electrons. The molecule has 37 heavy (non-hydrogen) atoms. The summed E-state index contributed by atoms with van der Waals surface area (Å²) in [5.74, 6) is 0.0468. The van der Waals surface area contributed by atoms with Gasteiger partial charge in [0.25, 0.3) is 11.1 Å². The minimum atomic E-state index is -0.521. The first kappa shape index (κ1) is 26.3. The number of imide groups is 1. The summed E-state index contributed by atoms with van der Waals surface area (Å²) in [5, 5.41) is 2.90. The molecule has 0 saturated carbocycles. The van der Waals surface area contributed by atoms with Gasteiger partial charge in [0.1, 0.15) is 13.2 Å². The first-order valence-electron chi connectivity index (χ1n) is 11.4. The minimum Gasteiger partial charge on any atom is -0.493 e. The standard InChI is InChI=1S/C28H25ClN2O5S/c1-17-10-18(2)12-22(11-17)30-26(32)15-31-27(33)25(37-28(31)34)14-20-6-9-23(24(13-20)35-3)36-16-19-4-7-21(29)8-5-19/h4-14H,15-16H2,1-3H3,(H,30,32)/b25-14+. The van der Waals surface area contributed by atoms with Crippen LogP contribution in [-0.4, -0.2) is 35.6 Å². The van der Waals surface area contributed by atoms with E-state index in [1.807, 2.05) is 44.2 Å². The number of rotatable bonds is 8. The normalized spacial score (nSPS) is 14.3. The Kier molecular flexibility index (Phi) is 8.21. The van der Waals surface area contributed by atoms with Crippen LogP contribution in [0.3, 0.4) is 0 Å². The molecule has 0 radical (unpaired) electrons. The van der Waals surface area contributed by atoms with Crippen molar-refractivity contribution < 1.29 is 23.9 Å². The van der Waals surface area contributed by atoms with Gasteiger partial charge in [-0.05, 0) is 90.3 Å². The van der Waals surface area contributed by atoms with Crippen LogP contribution in [0, 0.1) is 13.8 Å². The van der Waals surface area contributed by atoms with E-state index in [2.05, 4.69) is 5.32 Å². The predicted molar refractivity (Wildman–Crippen MR) is 146 cm³/mol. The summed E-state index contributed by atoms with van der Waals surface area (Å²) >= 11 is 6.72. The number of carbonyl (C=O) groups excluding carboxylic acids is 3. The van der Waals surface area contributed by atoms with Gasteiger partial charge in [0.2, 0.25) is 5.91 Å². The number of amides is 3. The van der Waals surface area contributed by atoms with E-state index in [1.165, 1.54) is 7.11 Å². The summed E-state index contributed by atoms with van der Waals surface area (Å²) in [6.07, 6.45) is 1.60. The van der Waals surface area contributed by atoms with Crippen LogP contribution in [0.2, 0.25) is 5.02 Å². The van der Waals surface area contributed by atoms with Gasteiger partial charge in [-0.1, -0.05) is 35.9 Å². The van der Waals surface area contributed by atoms with Crippen LogP contribution >= 0.6 is 23.4 Å². The van der Waals surface area contributed by atoms with Crippen LogP contribution < -0.4 is 14.8 Å². The molecule has 1 aliphatic heterocycles. The highest BCUT2D eigenvalue weighted by Gasteiger charge is 2.36. The van der Waals surface area contributed by atoms with Crippen molar-refractivity contribution in [2.45, 2.75) is 20.5 Å². The van der Waals surface area contributed by atoms with Crippen LogP contribution in [0.25, 0.3) is 6.08 Å². The maximum absolute atomic E-state index is 12.9. The van der Waals surface area contributed by atoms with Crippen LogP contribution in [0.1, 0.15) is 22.3 Å². The summed E-state index contributed by atoms with van der Waals surface area (Å²) in [6.45, 7) is 3.82. The van der Waals surface area contributed by atoms with Crippen molar-refractivity contribution in [3.63, 3.8) is 0 Å². The largest absolute Gasteiger partial charge is 0.493 e. The van der Waals surface area contributed by atoms with E-state index < -0.39 is 17.1 Å². The molecule has 0 bridgehead atoms. The third-order valence-electron chi connectivity index (χ3n) is 5.47. The number of thioether (sulfide) groups is 1. The monoisotopic (exact) mass is 536 g/mol. The topological polar surface area (TPSA) is 84.9 Å². The lowest BCUT2D eigenvalue weighted by atomic mass is 10.1. The summed E-state index contributed by atoms with van der Waals surface area (Å²) in [4.78, 5) is 39.1. The fourth-order valence-electron chi connectivity index (χ4n) is 3.81. The van der Waals surface area contributed by atoms with Crippen molar-refractivity contribution >= 4 is 52.2 Å². The summed E-state index contributed by atoms with van der Waals surface area (Å²) in [7, 11) is 1.52. The molecule has 0 aromatic heterocycles. The molecule has 0 aliphatic carbocycles. The van der Waals surface area contributed by atoms with Crippen molar-refractivity contribution in [3.05, 3.63) is 92.8 Å². The average molecular weight is 537 g/mol. The molecule has 0 unspecified atom stereocenters. The smallest absolute Gasteiger partial charge is 0.294 e. The summed E-state index contributed by atoms with van der Waals surface area (Å²) in [5.41, 5.74) is 4.23. The molecule has 1 heterocycles. The Hall–Kier alpha value is -3.75. The molecule has 3 aromatic rings. The van der Waals surface area contributed by atoms with E-state index in [4.69, 9.17) is 21.1 Å². The van der Waals surface area contributed by atoms with E-state index in [1.54, 1.807) is 36.4 Å². The Bertz CT molecular complexity index is 1370. The van der Waals surface area contributed by atoms with Crippen LogP contribution in [0.5, 0.6) is 11.5 Å². The molecule has 1 fully saturated rings. The second-order valence-corrected chi connectivity index (χ2v) is 9.95. The minimum absolute atomic E-state index is 0.223. The number of halogens is 1. The number of aryl methyl sites for hydroxylation is 2. The molecular formula is C28H25ClN2O5S. The summed E-state index contributed by atoms with van der Waals surface area (Å²) < 4.78 is 11.3. The number of benzene rings is 3. The number of nitrogens with zero attached hydrogens (tertiary/aromatic N) is 1. The van der Waals surface area contributed by atoms with E-state index in [9.17, 15) is 14.4 Å². The predicted octanol–water partition coefficient (Wildman–Crippen LogP) is 6.22. The zero-order chi connectivity index (χ0) is 26.5. The quantitative estimate of drug-likeness (QED) is 0.344. The van der Waals surface area contributed by atoms with E-state index in [0.717, 1.165) is 33.4 Å². The molecule has 3 amide bonds. The number of hydrogen-bond donors (Lipinski definition) is 1. The zero-order valence-corrected chi connectivity index (χ0v) is 22.1. The number of nitrogens with one attached hydrogen (secondary N) is 1. The Labute approximate surface area is 224 Å². The van der Waals surface area contributed by atoms with Crippen LogP contribution in [0.4, 0.5) is 10.5 Å². The maximum atomic E-state index is 12.9. The molecule has 3 aromatic carbocycles. The van der Waals surface area contributed by atoms with Crippen molar-refractivity contribution in [2.75, 3.05) is 19.0 Å². The van der Waals surface area contributed by atoms with Crippen molar-refractivity contribution in [2.24, 2.45) is 0 Å². The van der Waals surface area contributed by atoms with Gasteiger partial charge < -0.3 is 14.8 Å². The molecular weight excluding hydrogens is 512 g/mol. The second-order valence-electron chi connectivity index (χ2n) is 8.52. The van der Waals surface area contributed by atoms with Gasteiger partial charge >= 0.3 is 0 Å². The first-order chi connectivity index (χ1) is 17.7. The molecule has 1 saturated heterocycles. The van der Waals surface area contributed by atoms with E-state index in [-0.39, 0.29) is 11.4 Å². The Morgan fingerprint density at radius 3 is 2.38 bits per heavy atom. The molecule has 9 heteroatoms. The third kappa shape index (κ3) is 6.72.